The second-order valence-corrected chi connectivity index (χ2v) is 6.77. The zero-order valence-electron chi connectivity index (χ0n) is 9.57. The van der Waals surface area contributed by atoms with Crippen LogP contribution in [0.3, 0.4) is 0 Å². The Bertz CT molecular complexity index is 468. The van der Waals surface area contributed by atoms with Crippen LogP contribution in [0.15, 0.2) is 49.3 Å². The van der Waals surface area contributed by atoms with E-state index in [0.29, 0.717) is 0 Å². The molecule has 0 amide bonds. The fourth-order valence-corrected chi connectivity index (χ4v) is 3.87. The third-order valence-corrected chi connectivity index (χ3v) is 4.93. The molecule has 0 spiro atoms. The summed E-state index contributed by atoms with van der Waals surface area (Å²) < 4.78 is 2.47. The van der Waals surface area contributed by atoms with E-state index < -0.39 is 0 Å². The van der Waals surface area contributed by atoms with E-state index in [1.807, 2.05) is 11.8 Å². The summed E-state index contributed by atoms with van der Waals surface area (Å²) >= 11 is 7.16. The Labute approximate surface area is 119 Å². The van der Waals surface area contributed by atoms with E-state index in [0.717, 1.165) is 17.6 Å². The summed E-state index contributed by atoms with van der Waals surface area (Å²) in [5.41, 5.74) is 1.36. The second-order valence-electron chi connectivity index (χ2n) is 3.57. The van der Waals surface area contributed by atoms with Crippen molar-refractivity contribution in [2.24, 2.45) is 0 Å². The molecule has 0 fully saturated rings. The van der Waals surface area contributed by atoms with Crippen LogP contribution >= 0.6 is 39.0 Å². The predicted octanol–water partition coefficient (Wildman–Crippen LogP) is 4.77. The average molecular weight is 328 g/mol. The topological polar surface area (TPSA) is 12.0 Å². The lowest BCUT2D eigenvalue weighted by molar-refractivity contribution is 0.718. The first kappa shape index (κ1) is 13.1. The molecule has 1 nitrogen and oxygen atoms in total. The van der Waals surface area contributed by atoms with Gasteiger partial charge in [-0.05, 0) is 35.7 Å². The quantitative estimate of drug-likeness (QED) is 0.848. The number of rotatable bonds is 5. The van der Waals surface area contributed by atoms with Gasteiger partial charge in [0.1, 0.15) is 0 Å². The van der Waals surface area contributed by atoms with E-state index in [-0.39, 0.29) is 0 Å². The number of hydrogen-bond donors (Lipinski definition) is 1. The lowest BCUT2D eigenvalue weighted by Gasteiger charge is -2.09. The van der Waals surface area contributed by atoms with Crippen LogP contribution < -0.4 is 5.32 Å². The number of halogens is 1. The fourth-order valence-electron chi connectivity index (χ4n) is 1.46. The highest BCUT2D eigenvalue weighted by Gasteiger charge is 2.05. The molecule has 0 saturated heterocycles. The molecular formula is C13H14BrNS2. The Morgan fingerprint density at radius 1 is 1.35 bits per heavy atom. The normalized spacial score (nSPS) is 10.7. The van der Waals surface area contributed by atoms with Gasteiger partial charge in [-0.2, -0.15) is 0 Å². The molecule has 2 rings (SSSR count). The van der Waals surface area contributed by atoms with Gasteiger partial charge in [-0.15, -0.1) is 11.3 Å². The summed E-state index contributed by atoms with van der Waals surface area (Å²) in [6.07, 6.45) is 0. The zero-order valence-corrected chi connectivity index (χ0v) is 12.8. The smallest absolute Gasteiger partial charge is 0.0646 e. The summed E-state index contributed by atoms with van der Waals surface area (Å²) in [5.74, 6) is 0. The number of nitrogens with one attached hydrogen (secondary N) is 1. The molecule has 2 aromatic rings. The summed E-state index contributed by atoms with van der Waals surface area (Å²) in [6, 6.07) is 10.7. The molecule has 90 valence electrons. The maximum absolute atomic E-state index is 3.54. The van der Waals surface area contributed by atoms with E-state index in [9.17, 15) is 0 Å². The number of hydrogen-bond acceptors (Lipinski definition) is 3. The highest BCUT2D eigenvalue weighted by Crippen LogP contribution is 2.35. The zero-order chi connectivity index (χ0) is 12.1. The van der Waals surface area contributed by atoms with Gasteiger partial charge in [0.2, 0.25) is 0 Å². The monoisotopic (exact) mass is 327 g/mol. The largest absolute Gasteiger partial charge is 0.313 e. The predicted molar refractivity (Wildman–Crippen MR) is 80.0 cm³/mol. The van der Waals surface area contributed by atoms with Crippen molar-refractivity contribution in [3.8, 4) is 0 Å². The maximum atomic E-state index is 3.54. The molecule has 1 aromatic heterocycles. The maximum Gasteiger partial charge on any atom is 0.0646 e. The number of benzene rings is 1. The van der Waals surface area contributed by atoms with Gasteiger partial charge >= 0.3 is 0 Å². The molecule has 1 N–H and O–H groups in total. The van der Waals surface area contributed by atoms with Gasteiger partial charge < -0.3 is 5.32 Å². The minimum atomic E-state index is 0.928. The summed E-state index contributed by atoms with van der Waals surface area (Å²) in [7, 11) is 0. The minimum absolute atomic E-state index is 0.928. The van der Waals surface area contributed by atoms with Gasteiger partial charge in [0.15, 0.2) is 0 Å². The van der Waals surface area contributed by atoms with E-state index in [1.54, 1.807) is 11.3 Å². The first-order valence-electron chi connectivity index (χ1n) is 5.50. The molecule has 0 aliphatic rings. The van der Waals surface area contributed by atoms with Gasteiger partial charge in [0.25, 0.3) is 0 Å². The van der Waals surface area contributed by atoms with Gasteiger partial charge in [0, 0.05) is 15.9 Å². The average Bonchev–Trinajstić information content (AvgIpc) is 2.81. The molecule has 0 radical (unpaired) electrons. The Morgan fingerprint density at radius 2 is 2.24 bits per heavy atom. The Kier molecular flexibility index (Phi) is 5.10. The van der Waals surface area contributed by atoms with Crippen LogP contribution in [0.4, 0.5) is 0 Å². The van der Waals surface area contributed by atoms with Gasteiger partial charge in [-0.3, -0.25) is 0 Å². The molecule has 0 atom stereocenters. The molecule has 0 unspecified atom stereocenters. The van der Waals surface area contributed by atoms with E-state index in [1.165, 1.54) is 14.7 Å². The third kappa shape index (κ3) is 3.85. The fraction of sp³-hybridized carbons (Fsp3) is 0.231. The Hall–Kier alpha value is -0.290. The van der Waals surface area contributed by atoms with Crippen molar-refractivity contribution in [1.82, 2.24) is 5.32 Å². The third-order valence-electron chi connectivity index (χ3n) is 2.30. The van der Waals surface area contributed by atoms with Crippen molar-refractivity contribution in [2.45, 2.75) is 22.6 Å². The molecular weight excluding hydrogens is 314 g/mol. The molecule has 0 bridgehead atoms. The molecule has 0 saturated carbocycles. The Morgan fingerprint density at radius 3 is 2.94 bits per heavy atom. The summed E-state index contributed by atoms with van der Waals surface area (Å²) in [4.78, 5) is 1.32. The first-order valence-corrected chi connectivity index (χ1v) is 7.99. The van der Waals surface area contributed by atoms with Crippen molar-refractivity contribution in [1.29, 1.82) is 0 Å². The van der Waals surface area contributed by atoms with Crippen LogP contribution in [0.25, 0.3) is 0 Å². The van der Waals surface area contributed by atoms with Crippen LogP contribution in [-0.4, -0.2) is 6.54 Å². The van der Waals surface area contributed by atoms with Gasteiger partial charge in [-0.1, -0.05) is 46.7 Å². The SMILES string of the molecule is CCNCc1ccc(Br)cc1Sc1cccs1. The van der Waals surface area contributed by atoms with Crippen LogP contribution in [0.5, 0.6) is 0 Å². The highest BCUT2D eigenvalue weighted by atomic mass is 79.9. The lowest BCUT2D eigenvalue weighted by atomic mass is 10.2. The lowest BCUT2D eigenvalue weighted by Crippen LogP contribution is -2.12. The van der Waals surface area contributed by atoms with Crippen molar-refractivity contribution in [3.05, 3.63) is 45.7 Å². The molecule has 1 aromatic carbocycles. The van der Waals surface area contributed by atoms with E-state index in [2.05, 4.69) is 63.9 Å². The summed E-state index contributed by atoms with van der Waals surface area (Å²) in [6.45, 7) is 4.06. The summed E-state index contributed by atoms with van der Waals surface area (Å²) in [5, 5.41) is 5.49. The van der Waals surface area contributed by atoms with Crippen LogP contribution in [0.1, 0.15) is 12.5 Å². The van der Waals surface area contributed by atoms with E-state index in [4.69, 9.17) is 0 Å². The molecule has 17 heavy (non-hydrogen) atoms. The second kappa shape index (κ2) is 6.59. The van der Waals surface area contributed by atoms with Crippen LogP contribution in [0, 0.1) is 0 Å². The van der Waals surface area contributed by atoms with Crippen molar-refractivity contribution in [3.63, 3.8) is 0 Å². The van der Waals surface area contributed by atoms with Crippen molar-refractivity contribution < 1.29 is 0 Å². The van der Waals surface area contributed by atoms with Crippen LogP contribution in [0.2, 0.25) is 0 Å². The molecule has 0 aliphatic carbocycles. The van der Waals surface area contributed by atoms with Crippen molar-refractivity contribution in [2.75, 3.05) is 6.54 Å². The van der Waals surface area contributed by atoms with E-state index >= 15 is 0 Å². The standard InChI is InChI=1S/C13H14BrNS2/c1-2-15-9-10-5-6-11(14)8-12(10)17-13-4-3-7-16-13/h3-8,15H,2,9H2,1H3. The highest BCUT2D eigenvalue weighted by molar-refractivity contribution is 9.10. The van der Waals surface area contributed by atoms with Crippen molar-refractivity contribution >= 4 is 39.0 Å². The molecule has 4 heteroatoms. The molecule has 0 aliphatic heterocycles. The molecule has 1 heterocycles. The number of thiophene rings is 1. The van der Waals surface area contributed by atoms with Gasteiger partial charge in [-0.25, -0.2) is 0 Å². The minimum Gasteiger partial charge on any atom is -0.313 e. The van der Waals surface area contributed by atoms with Gasteiger partial charge in [0.05, 0.1) is 4.21 Å². The first-order chi connectivity index (χ1) is 8.29. The Balaban J connectivity index is 2.20. The van der Waals surface area contributed by atoms with Crippen LogP contribution in [-0.2, 0) is 6.54 Å².